The van der Waals surface area contributed by atoms with Crippen molar-refractivity contribution < 1.29 is 0 Å². The highest BCUT2D eigenvalue weighted by atomic mass is 15.1. The monoisotopic (exact) mass is 296 g/mol. The predicted octanol–water partition coefficient (Wildman–Crippen LogP) is 4.55. The summed E-state index contributed by atoms with van der Waals surface area (Å²) in [5.74, 6) is 1.70. The minimum atomic E-state index is 0.461. The Balaban J connectivity index is 2.68. The topological polar surface area (TPSA) is 15.3 Å². The molecule has 0 heterocycles. The SMILES string of the molecule is CCCNC1CCC(C(C)(C)C)CC1CN(C)C(C)CC. The molecule has 1 saturated carbocycles. The molecule has 0 saturated heterocycles. The molecular weight excluding hydrogens is 256 g/mol. The van der Waals surface area contributed by atoms with Crippen molar-refractivity contribution in [1.82, 2.24) is 10.2 Å². The van der Waals surface area contributed by atoms with Gasteiger partial charge >= 0.3 is 0 Å². The van der Waals surface area contributed by atoms with Crippen LogP contribution in [-0.2, 0) is 0 Å². The predicted molar refractivity (Wildman–Crippen MR) is 94.8 cm³/mol. The van der Waals surface area contributed by atoms with E-state index in [0.717, 1.165) is 17.9 Å². The van der Waals surface area contributed by atoms with Crippen molar-refractivity contribution >= 4 is 0 Å². The molecule has 0 amide bonds. The van der Waals surface area contributed by atoms with E-state index in [4.69, 9.17) is 0 Å². The van der Waals surface area contributed by atoms with E-state index < -0.39 is 0 Å². The summed E-state index contributed by atoms with van der Waals surface area (Å²) < 4.78 is 0. The summed E-state index contributed by atoms with van der Waals surface area (Å²) in [7, 11) is 2.31. The molecule has 2 nitrogen and oxygen atoms in total. The minimum Gasteiger partial charge on any atom is -0.314 e. The van der Waals surface area contributed by atoms with Crippen molar-refractivity contribution in [2.45, 2.75) is 85.7 Å². The molecular formula is C19H40N2. The number of rotatable bonds is 7. The Bertz CT molecular complexity index is 282. The van der Waals surface area contributed by atoms with Crippen LogP contribution in [0.1, 0.15) is 73.6 Å². The van der Waals surface area contributed by atoms with Crippen LogP contribution in [0, 0.1) is 17.3 Å². The average molecular weight is 297 g/mol. The Morgan fingerprint density at radius 3 is 2.38 bits per heavy atom. The first-order valence-electron chi connectivity index (χ1n) is 9.23. The van der Waals surface area contributed by atoms with Crippen LogP contribution >= 0.6 is 0 Å². The first-order valence-corrected chi connectivity index (χ1v) is 9.23. The molecule has 21 heavy (non-hydrogen) atoms. The number of hydrogen-bond donors (Lipinski definition) is 1. The Labute approximate surface area is 134 Å². The van der Waals surface area contributed by atoms with Gasteiger partial charge in [-0.1, -0.05) is 34.6 Å². The molecule has 1 aliphatic carbocycles. The zero-order valence-electron chi connectivity index (χ0n) is 15.7. The molecule has 0 radical (unpaired) electrons. The van der Waals surface area contributed by atoms with Gasteiger partial charge in [-0.05, 0) is 69.9 Å². The van der Waals surface area contributed by atoms with Gasteiger partial charge < -0.3 is 10.2 Å². The van der Waals surface area contributed by atoms with Gasteiger partial charge in [0.15, 0.2) is 0 Å². The largest absolute Gasteiger partial charge is 0.314 e. The van der Waals surface area contributed by atoms with Crippen molar-refractivity contribution in [1.29, 1.82) is 0 Å². The summed E-state index contributed by atoms with van der Waals surface area (Å²) >= 11 is 0. The van der Waals surface area contributed by atoms with E-state index in [-0.39, 0.29) is 0 Å². The molecule has 0 aromatic rings. The van der Waals surface area contributed by atoms with Crippen LogP contribution in [0.4, 0.5) is 0 Å². The highest BCUT2D eigenvalue weighted by Gasteiger charge is 2.36. The first kappa shape index (κ1) is 19.0. The molecule has 1 N–H and O–H groups in total. The Kier molecular flexibility index (Phi) is 7.70. The lowest BCUT2D eigenvalue weighted by Crippen LogP contribution is -2.48. The van der Waals surface area contributed by atoms with Crippen LogP contribution in [0.15, 0.2) is 0 Å². The fourth-order valence-electron chi connectivity index (χ4n) is 3.71. The molecule has 1 fully saturated rings. The van der Waals surface area contributed by atoms with Gasteiger partial charge in [0.05, 0.1) is 0 Å². The fraction of sp³-hybridized carbons (Fsp3) is 1.00. The Morgan fingerprint density at radius 1 is 1.19 bits per heavy atom. The lowest BCUT2D eigenvalue weighted by Gasteiger charge is -2.44. The first-order chi connectivity index (χ1) is 9.79. The molecule has 1 aliphatic rings. The second kappa shape index (κ2) is 8.53. The van der Waals surface area contributed by atoms with E-state index in [1.165, 1.54) is 45.2 Å². The number of hydrogen-bond acceptors (Lipinski definition) is 2. The molecule has 0 bridgehead atoms. The highest BCUT2D eigenvalue weighted by Crippen LogP contribution is 2.40. The summed E-state index contributed by atoms with van der Waals surface area (Å²) in [6.07, 6.45) is 6.65. The van der Waals surface area contributed by atoms with Gasteiger partial charge in [-0.15, -0.1) is 0 Å². The molecule has 2 heteroatoms. The van der Waals surface area contributed by atoms with Crippen molar-refractivity contribution in [2.75, 3.05) is 20.1 Å². The summed E-state index contributed by atoms with van der Waals surface area (Å²) in [5, 5.41) is 3.83. The summed E-state index contributed by atoms with van der Waals surface area (Å²) in [6, 6.07) is 1.43. The lowest BCUT2D eigenvalue weighted by molar-refractivity contribution is 0.0843. The van der Waals surface area contributed by atoms with E-state index >= 15 is 0 Å². The van der Waals surface area contributed by atoms with Crippen molar-refractivity contribution in [2.24, 2.45) is 17.3 Å². The molecule has 0 spiro atoms. The molecule has 4 unspecified atom stereocenters. The normalized spacial score (nSPS) is 28.9. The molecule has 0 aliphatic heterocycles. The Hall–Kier alpha value is -0.0800. The van der Waals surface area contributed by atoms with Crippen LogP contribution in [0.5, 0.6) is 0 Å². The second-order valence-corrected chi connectivity index (χ2v) is 8.39. The van der Waals surface area contributed by atoms with E-state index in [9.17, 15) is 0 Å². The zero-order chi connectivity index (χ0) is 16.0. The van der Waals surface area contributed by atoms with Crippen LogP contribution in [0.25, 0.3) is 0 Å². The maximum absolute atomic E-state index is 3.83. The third-order valence-corrected chi connectivity index (χ3v) is 5.73. The Morgan fingerprint density at radius 2 is 1.86 bits per heavy atom. The third kappa shape index (κ3) is 5.90. The van der Waals surface area contributed by atoms with Gasteiger partial charge in [0.25, 0.3) is 0 Å². The van der Waals surface area contributed by atoms with Gasteiger partial charge in [0, 0.05) is 18.6 Å². The van der Waals surface area contributed by atoms with E-state index in [0.29, 0.717) is 11.5 Å². The lowest BCUT2D eigenvalue weighted by atomic mass is 9.67. The maximum Gasteiger partial charge on any atom is 0.0108 e. The molecule has 4 atom stereocenters. The average Bonchev–Trinajstić information content (AvgIpc) is 2.43. The molecule has 1 rings (SSSR count). The summed E-state index contributed by atoms with van der Waals surface area (Å²) in [6.45, 7) is 16.6. The van der Waals surface area contributed by atoms with Gasteiger partial charge in [0.1, 0.15) is 0 Å². The van der Waals surface area contributed by atoms with Crippen molar-refractivity contribution in [3.05, 3.63) is 0 Å². The molecule has 0 aromatic carbocycles. The van der Waals surface area contributed by atoms with Crippen LogP contribution < -0.4 is 5.32 Å². The maximum atomic E-state index is 3.83. The van der Waals surface area contributed by atoms with Gasteiger partial charge in [-0.2, -0.15) is 0 Å². The summed E-state index contributed by atoms with van der Waals surface area (Å²) in [5.41, 5.74) is 0.461. The van der Waals surface area contributed by atoms with Gasteiger partial charge in [0.2, 0.25) is 0 Å². The number of nitrogens with zero attached hydrogens (tertiary/aromatic N) is 1. The summed E-state index contributed by atoms with van der Waals surface area (Å²) in [4.78, 5) is 2.58. The fourth-order valence-corrected chi connectivity index (χ4v) is 3.71. The highest BCUT2D eigenvalue weighted by molar-refractivity contribution is 4.90. The van der Waals surface area contributed by atoms with Crippen LogP contribution in [0.3, 0.4) is 0 Å². The van der Waals surface area contributed by atoms with E-state index in [2.05, 4.69) is 58.8 Å². The van der Waals surface area contributed by atoms with Gasteiger partial charge in [-0.25, -0.2) is 0 Å². The number of nitrogens with one attached hydrogen (secondary N) is 1. The van der Waals surface area contributed by atoms with Crippen LogP contribution in [-0.4, -0.2) is 37.1 Å². The second-order valence-electron chi connectivity index (χ2n) is 8.39. The van der Waals surface area contributed by atoms with Gasteiger partial charge in [-0.3, -0.25) is 0 Å². The van der Waals surface area contributed by atoms with E-state index in [1.807, 2.05) is 0 Å². The minimum absolute atomic E-state index is 0.461. The molecule has 0 aromatic heterocycles. The quantitative estimate of drug-likeness (QED) is 0.741. The van der Waals surface area contributed by atoms with Crippen molar-refractivity contribution in [3.63, 3.8) is 0 Å². The third-order valence-electron chi connectivity index (χ3n) is 5.73. The standard InChI is InChI=1S/C19H40N2/c1-8-12-20-18-11-10-17(19(4,5)6)13-16(18)14-21(7)15(3)9-2/h15-18,20H,8-14H2,1-7H3. The zero-order valence-corrected chi connectivity index (χ0v) is 15.7. The molecule has 126 valence electrons. The van der Waals surface area contributed by atoms with E-state index in [1.54, 1.807) is 0 Å². The smallest absolute Gasteiger partial charge is 0.0108 e. The van der Waals surface area contributed by atoms with Crippen molar-refractivity contribution in [3.8, 4) is 0 Å². The van der Waals surface area contributed by atoms with Crippen LogP contribution in [0.2, 0.25) is 0 Å².